The summed E-state index contributed by atoms with van der Waals surface area (Å²) in [5, 5.41) is 8.55. The Bertz CT molecular complexity index is 213. The monoisotopic (exact) mass is 228 g/mol. The molecule has 0 aromatic rings. The fourth-order valence-corrected chi connectivity index (χ4v) is 2.28. The van der Waals surface area contributed by atoms with Crippen molar-refractivity contribution >= 4 is 5.97 Å². The van der Waals surface area contributed by atoms with Crippen molar-refractivity contribution in [3.05, 3.63) is 0 Å². The molecule has 0 unspecified atom stereocenters. The van der Waals surface area contributed by atoms with Crippen molar-refractivity contribution in [3.8, 4) is 0 Å². The summed E-state index contributed by atoms with van der Waals surface area (Å²) in [6, 6.07) is 0. The first-order valence-corrected chi connectivity index (χ1v) is 6.17. The zero-order valence-corrected chi connectivity index (χ0v) is 10.5. The smallest absolute Gasteiger partial charge is 0.303 e. The number of likely N-dealkylation sites (tertiary alicyclic amines) is 1. The van der Waals surface area contributed by atoms with Gasteiger partial charge in [-0.15, -0.1) is 0 Å². The average molecular weight is 228 g/mol. The second-order valence-electron chi connectivity index (χ2n) is 5.01. The first-order valence-electron chi connectivity index (χ1n) is 6.17. The number of aliphatic carboxylic acids is 1. The van der Waals surface area contributed by atoms with Gasteiger partial charge in [-0.2, -0.15) is 0 Å². The molecule has 1 N–H and O–H groups in total. The molecule has 1 saturated heterocycles. The quantitative estimate of drug-likeness (QED) is 0.740. The lowest BCUT2D eigenvalue weighted by Crippen LogP contribution is -2.36. The molecule has 0 saturated carbocycles. The number of carboxylic acid groups (broad SMARTS) is 1. The number of carbonyl (C=O) groups is 1. The molecule has 0 aromatic carbocycles. The maximum absolute atomic E-state index is 10.4. The minimum atomic E-state index is -0.687. The van der Waals surface area contributed by atoms with E-state index in [0.717, 1.165) is 25.4 Å². The number of hydrogen-bond acceptors (Lipinski definition) is 3. The Morgan fingerprint density at radius 3 is 2.62 bits per heavy atom. The second-order valence-corrected chi connectivity index (χ2v) is 5.01. The molecule has 1 aliphatic heterocycles. The summed E-state index contributed by atoms with van der Waals surface area (Å²) in [6.45, 7) is 4.42. The molecule has 94 valence electrons. The zero-order chi connectivity index (χ0) is 12.0. The van der Waals surface area contributed by atoms with Crippen LogP contribution >= 0.6 is 0 Å². The number of piperidine rings is 1. The largest absolute Gasteiger partial charge is 0.481 e. The van der Waals surface area contributed by atoms with Crippen molar-refractivity contribution in [2.45, 2.75) is 25.7 Å². The summed E-state index contributed by atoms with van der Waals surface area (Å²) in [5.41, 5.74) is 0. The van der Waals surface area contributed by atoms with Crippen LogP contribution in [-0.2, 0) is 4.79 Å². The molecule has 4 nitrogen and oxygen atoms in total. The van der Waals surface area contributed by atoms with Crippen LogP contribution < -0.4 is 0 Å². The van der Waals surface area contributed by atoms with E-state index in [1.54, 1.807) is 0 Å². The van der Waals surface area contributed by atoms with Crippen LogP contribution in [0.4, 0.5) is 0 Å². The molecule has 0 radical (unpaired) electrons. The van der Waals surface area contributed by atoms with Crippen LogP contribution in [-0.4, -0.2) is 61.2 Å². The van der Waals surface area contributed by atoms with Gasteiger partial charge in [0.15, 0.2) is 0 Å². The molecule has 0 aromatic heterocycles. The molecule has 0 spiro atoms. The summed E-state index contributed by atoms with van der Waals surface area (Å²) in [7, 11) is 4.27. The Morgan fingerprint density at radius 1 is 1.44 bits per heavy atom. The predicted molar refractivity (Wildman–Crippen MR) is 64.6 cm³/mol. The lowest BCUT2D eigenvalue weighted by molar-refractivity contribution is -0.137. The van der Waals surface area contributed by atoms with Gasteiger partial charge in [0.1, 0.15) is 0 Å². The number of carboxylic acids is 1. The van der Waals surface area contributed by atoms with Gasteiger partial charge in [0.2, 0.25) is 0 Å². The Balaban J connectivity index is 2.09. The first-order chi connectivity index (χ1) is 7.58. The normalized spacial score (nSPS) is 19.2. The van der Waals surface area contributed by atoms with Crippen LogP contribution in [0.2, 0.25) is 0 Å². The summed E-state index contributed by atoms with van der Waals surface area (Å²) in [4.78, 5) is 15.0. The number of nitrogens with zero attached hydrogens (tertiary/aromatic N) is 2. The van der Waals surface area contributed by atoms with E-state index in [1.165, 1.54) is 25.9 Å². The van der Waals surface area contributed by atoms with E-state index < -0.39 is 5.97 Å². The van der Waals surface area contributed by atoms with Gasteiger partial charge in [-0.3, -0.25) is 4.79 Å². The highest BCUT2D eigenvalue weighted by molar-refractivity contribution is 5.66. The van der Waals surface area contributed by atoms with E-state index in [-0.39, 0.29) is 6.42 Å². The molecule has 0 atom stereocenters. The first kappa shape index (κ1) is 13.5. The third-order valence-electron chi connectivity index (χ3n) is 3.34. The van der Waals surface area contributed by atoms with Crippen LogP contribution in [0.1, 0.15) is 25.7 Å². The summed E-state index contributed by atoms with van der Waals surface area (Å²) < 4.78 is 0. The topological polar surface area (TPSA) is 43.8 Å². The minimum Gasteiger partial charge on any atom is -0.481 e. The highest BCUT2D eigenvalue weighted by Crippen LogP contribution is 2.16. The van der Waals surface area contributed by atoms with Crippen molar-refractivity contribution < 1.29 is 9.90 Å². The summed E-state index contributed by atoms with van der Waals surface area (Å²) >= 11 is 0. The lowest BCUT2D eigenvalue weighted by atomic mass is 9.96. The van der Waals surface area contributed by atoms with E-state index in [1.807, 2.05) is 0 Å². The molecule has 0 amide bonds. The standard InChI is InChI=1S/C12H24N2O2/c1-13-8-5-11(6-9-13)10-14(2)7-3-4-12(15)16/h11H,3-10H2,1-2H3,(H,15,16). The summed E-state index contributed by atoms with van der Waals surface area (Å²) in [5.74, 6) is 0.110. The Morgan fingerprint density at radius 2 is 2.06 bits per heavy atom. The van der Waals surface area contributed by atoms with E-state index in [0.29, 0.717) is 0 Å². The lowest BCUT2D eigenvalue weighted by Gasteiger charge is -2.31. The van der Waals surface area contributed by atoms with Crippen LogP contribution in [0.3, 0.4) is 0 Å². The van der Waals surface area contributed by atoms with E-state index in [4.69, 9.17) is 5.11 Å². The number of hydrogen-bond donors (Lipinski definition) is 1. The van der Waals surface area contributed by atoms with E-state index >= 15 is 0 Å². The van der Waals surface area contributed by atoms with E-state index in [2.05, 4.69) is 23.9 Å². The van der Waals surface area contributed by atoms with E-state index in [9.17, 15) is 4.79 Å². The van der Waals surface area contributed by atoms with Crippen molar-refractivity contribution in [2.75, 3.05) is 40.3 Å². The van der Waals surface area contributed by atoms with Gasteiger partial charge in [0.05, 0.1) is 0 Å². The zero-order valence-electron chi connectivity index (χ0n) is 10.5. The van der Waals surface area contributed by atoms with Gasteiger partial charge in [-0.1, -0.05) is 0 Å². The highest BCUT2D eigenvalue weighted by atomic mass is 16.4. The van der Waals surface area contributed by atoms with Gasteiger partial charge in [0, 0.05) is 13.0 Å². The predicted octanol–water partition coefficient (Wildman–Crippen LogP) is 1.12. The van der Waals surface area contributed by atoms with Crippen molar-refractivity contribution in [1.29, 1.82) is 0 Å². The third kappa shape index (κ3) is 5.47. The Kier molecular flexibility index (Phi) is 5.77. The molecule has 1 heterocycles. The maximum atomic E-state index is 10.4. The van der Waals surface area contributed by atoms with Crippen molar-refractivity contribution in [1.82, 2.24) is 9.80 Å². The molecule has 1 rings (SSSR count). The van der Waals surface area contributed by atoms with Crippen LogP contribution in [0.25, 0.3) is 0 Å². The molecular weight excluding hydrogens is 204 g/mol. The SMILES string of the molecule is CN1CCC(CN(C)CCCC(=O)O)CC1. The molecule has 16 heavy (non-hydrogen) atoms. The Hall–Kier alpha value is -0.610. The highest BCUT2D eigenvalue weighted by Gasteiger charge is 2.17. The molecule has 4 heteroatoms. The molecule has 1 aliphatic rings. The molecular formula is C12H24N2O2. The van der Waals surface area contributed by atoms with Gasteiger partial charge in [-0.05, 0) is 58.9 Å². The van der Waals surface area contributed by atoms with Gasteiger partial charge in [0.25, 0.3) is 0 Å². The fourth-order valence-electron chi connectivity index (χ4n) is 2.28. The van der Waals surface area contributed by atoms with Gasteiger partial charge >= 0.3 is 5.97 Å². The van der Waals surface area contributed by atoms with Crippen LogP contribution in [0.5, 0.6) is 0 Å². The van der Waals surface area contributed by atoms with Gasteiger partial charge in [-0.25, -0.2) is 0 Å². The molecule has 0 bridgehead atoms. The summed E-state index contributed by atoms with van der Waals surface area (Å²) in [6.07, 6.45) is 3.61. The second kappa shape index (κ2) is 6.86. The van der Waals surface area contributed by atoms with Crippen LogP contribution in [0, 0.1) is 5.92 Å². The maximum Gasteiger partial charge on any atom is 0.303 e. The van der Waals surface area contributed by atoms with Crippen molar-refractivity contribution in [3.63, 3.8) is 0 Å². The van der Waals surface area contributed by atoms with Gasteiger partial charge < -0.3 is 14.9 Å². The Labute approximate surface area is 98.2 Å². The fraction of sp³-hybridized carbons (Fsp3) is 0.917. The number of rotatable bonds is 6. The third-order valence-corrected chi connectivity index (χ3v) is 3.34. The van der Waals surface area contributed by atoms with Crippen molar-refractivity contribution in [2.24, 2.45) is 5.92 Å². The average Bonchev–Trinajstić information content (AvgIpc) is 2.21. The van der Waals surface area contributed by atoms with Crippen LogP contribution in [0.15, 0.2) is 0 Å². The minimum absolute atomic E-state index is 0.289. The molecule has 1 fully saturated rings. The molecule has 0 aliphatic carbocycles.